The molecule has 2 aromatic rings. The standard InChI is InChI=1S/C14H19N3O2S/c1-9-7-19-11(3)5-16(9)6-12-4-13(18)17-10(2)8-20-14(17)15-12/h4,8-9,11H,5-7H2,1-3H3/t9-,11-/m0/s1. The first-order valence-corrected chi connectivity index (χ1v) is 7.75. The van der Waals surface area contributed by atoms with Gasteiger partial charge in [0.15, 0.2) is 4.96 Å². The third-order valence-corrected chi connectivity index (χ3v) is 4.67. The lowest BCUT2D eigenvalue weighted by atomic mass is 10.2. The third-order valence-electron chi connectivity index (χ3n) is 3.73. The minimum absolute atomic E-state index is 0.0118. The predicted molar refractivity (Wildman–Crippen MR) is 79.4 cm³/mol. The van der Waals surface area contributed by atoms with Crippen LogP contribution in [0.2, 0.25) is 0 Å². The summed E-state index contributed by atoms with van der Waals surface area (Å²) in [6.07, 6.45) is 0.236. The Hall–Kier alpha value is -1.24. The minimum Gasteiger partial charge on any atom is -0.376 e. The Labute approximate surface area is 121 Å². The number of morpholine rings is 1. The van der Waals surface area contributed by atoms with Gasteiger partial charge in [-0.25, -0.2) is 4.98 Å². The molecule has 0 saturated carbocycles. The van der Waals surface area contributed by atoms with E-state index in [9.17, 15) is 4.79 Å². The first-order valence-electron chi connectivity index (χ1n) is 6.87. The van der Waals surface area contributed by atoms with Gasteiger partial charge in [-0.15, -0.1) is 11.3 Å². The zero-order valence-corrected chi connectivity index (χ0v) is 12.8. The molecule has 0 aromatic carbocycles. The fourth-order valence-electron chi connectivity index (χ4n) is 2.58. The Morgan fingerprint density at radius 2 is 2.30 bits per heavy atom. The van der Waals surface area contributed by atoms with Crippen molar-refractivity contribution in [3.8, 4) is 0 Å². The van der Waals surface area contributed by atoms with E-state index in [1.165, 1.54) is 11.3 Å². The lowest BCUT2D eigenvalue weighted by Gasteiger charge is -2.36. The summed E-state index contributed by atoms with van der Waals surface area (Å²) in [5.41, 5.74) is 1.80. The van der Waals surface area contributed by atoms with Crippen LogP contribution >= 0.6 is 11.3 Å². The van der Waals surface area contributed by atoms with E-state index in [0.29, 0.717) is 12.6 Å². The number of nitrogens with zero attached hydrogens (tertiary/aromatic N) is 3. The van der Waals surface area contributed by atoms with E-state index < -0.39 is 0 Å². The minimum atomic E-state index is 0.0118. The molecule has 3 rings (SSSR count). The van der Waals surface area contributed by atoms with Crippen LogP contribution < -0.4 is 5.56 Å². The molecule has 108 valence electrons. The third kappa shape index (κ3) is 2.51. The van der Waals surface area contributed by atoms with Crippen LogP contribution in [0.4, 0.5) is 0 Å². The van der Waals surface area contributed by atoms with Crippen LogP contribution in [0.5, 0.6) is 0 Å². The lowest BCUT2D eigenvalue weighted by molar-refractivity contribution is -0.0530. The first-order chi connectivity index (χ1) is 9.54. The van der Waals surface area contributed by atoms with Gasteiger partial charge in [0.2, 0.25) is 0 Å². The average Bonchev–Trinajstić information content (AvgIpc) is 2.76. The van der Waals surface area contributed by atoms with Gasteiger partial charge in [0.1, 0.15) is 0 Å². The fraction of sp³-hybridized carbons (Fsp3) is 0.571. The number of thiazole rings is 1. The van der Waals surface area contributed by atoms with Crippen molar-refractivity contribution in [2.75, 3.05) is 13.2 Å². The monoisotopic (exact) mass is 293 g/mol. The van der Waals surface area contributed by atoms with Crippen molar-refractivity contribution in [1.29, 1.82) is 0 Å². The Morgan fingerprint density at radius 1 is 1.50 bits per heavy atom. The maximum atomic E-state index is 12.2. The van der Waals surface area contributed by atoms with Crippen molar-refractivity contribution in [2.45, 2.75) is 39.5 Å². The van der Waals surface area contributed by atoms with Crippen molar-refractivity contribution in [3.05, 3.63) is 33.2 Å². The topological polar surface area (TPSA) is 46.8 Å². The lowest BCUT2D eigenvalue weighted by Crippen LogP contribution is -2.46. The van der Waals surface area contributed by atoms with Gasteiger partial charge in [-0.05, 0) is 20.8 Å². The molecule has 0 radical (unpaired) electrons. The summed E-state index contributed by atoms with van der Waals surface area (Å²) < 4.78 is 7.30. The highest BCUT2D eigenvalue weighted by Crippen LogP contribution is 2.16. The second-order valence-corrected chi connectivity index (χ2v) is 6.34. The number of hydrogen-bond donors (Lipinski definition) is 0. The van der Waals surface area contributed by atoms with E-state index in [4.69, 9.17) is 4.74 Å². The van der Waals surface area contributed by atoms with Gasteiger partial charge >= 0.3 is 0 Å². The molecule has 2 atom stereocenters. The number of aromatic nitrogens is 2. The normalized spacial score (nSPS) is 24.4. The van der Waals surface area contributed by atoms with E-state index in [1.54, 1.807) is 10.5 Å². The van der Waals surface area contributed by atoms with Crippen LogP contribution in [0.3, 0.4) is 0 Å². The van der Waals surface area contributed by atoms with Crippen LogP contribution in [0.15, 0.2) is 16.2 Å². The first kappa shape index (κ1) is 13.7. The molecule has 0 amide bonds. The molecular formula is C14H19N3O2S. The molecule has 0 aliphatic carbocycles. The zero-order chi connectivity index (χ0) is 14.3. The molecule has 1 saturated heterocycles. The Kier molecular flexibility index (Phi) is 3.62. The summed E-state index contributed by atoms with van der Waals surface area (Å²) in [6.45, 7) is 8.47. The predicted octanol–water partition coefficient (Wildman–Crippen LogP) is 1.67. The van der Waals surface area contributed by atoms with Gasteiger partial charge in [-0.3, -0.25) is 14.1 Å². The van der Waals surface area contributed by atoms with Gasteiger partial charge < -0.3 is 4.74 Å². The highest BCUT2D eigenvalue weighted by atomic mass is 32.1. The Bertz CT molecular complexity index is 679. The van der Waals surface area contributed by atoms with E-state index in [1.807, 2.05) is 12.3 Å². The summed E-state index contributed by atoms with van der Waals surface area (Å²) in [6, 6.07) is 2.01. The number of fused-ring (bicyclic) bond motifs is 1. The molecule has 0 N–H and O–H groups in total. The number of ether oxygens (including phenoxy) is 1. The fourth-order valence-corrected chi connectivity index (χ4v) is 3.47. The molecule has 0 spiro atoms. The average molecular weight is 293 g/mol. The van der Waals surface area contributed by atoms with Gasteiger partial charge in [-0.2, -0.15) is 0 Å². The summed E-state index contributed by atoms with van der Waals surface area (Å²) >= 11 is 1.51. The smallest absolute Gasteiger partial charge is 0.259 e. The highest BCUT2D eigenvalue weighted by Gasteiger charge is 2.24. The number of aryl methyl sites for hydroxylation is 1. The van der Waals surface area contributed by atoms with E-state index in [2.05, 4.69) is 23.7 Å². The van der Waals surface area contributed by atoms with Crippen LogP contribution in [0.1, 0.15) is 25.2 Å². The van der Waals surface area contributed by atoms with E-state index in [-0.39, 0.29) is 11.7 Å². The second-order valence-electron chi connectivity index (χ2n) is 5.50. The van der Waals surface area contributed by atoms with Crippen molar-refractivity contribution in [2.24, 2.45) is 0 Å². The van der Waals surface area contributed by atoms with Crippen molar-refractivity contribution >= 4 is 16.3 Å². The molecule has 5 nitrogen and oxygen atoms in total. The summed E-state index contributed by atoms with van der Waals surface area (Å²) in [5.74, 6) is 0. The van der Waals surface area contributed by atoms with Gasteiger partial charge in [-0.1, -0.05) is 0 Å². The Morgan fingerprint density at radius 3 is 3.10 bits per heavy atom. The van der Waals surface area contributed by atoms with Crippen LogP contribution in [0, 0.1) is 6.92 Å². The molecule has 20 heavy (non-hydrogen) atoms. The molecule has 1 aliphatic heterocycles. The maximum absolute atomic E-state index is 12.2. The van der Waals surface area contributed by atoms with Crippen LogP contribution in [-0.2, 0) is 11.3 Å². The molecule has 3 heterocycles. The zero-order valence-electron chi connectivity index (χ0n) is 12.0. The molecule has 0 unspecified atom stereocenters. The quantitative estimate of drug-likeness (QED) is 0.845. The van der Waals surface area contributed by atoms with Gasteiger partial charge in [0.05, 0.1) is 18.4 Å². The Balaban J connectivity index is 1.89. The SMILES string of the molecule is Cc1csc2nc(CN3C[C@H](C)OC[C@@H]3C)cc(=O)n12. The molecular weight excluding hydrogens is 274 g/mol. The highest BCUT2D eigenvalue weighted by molar-refractivity contribution is 7.15. The number of rotatable bonds is 2. The van der Waals surface area contributed by atoms with Crippen LogP contribution in [-0.4, -0.2) is 39.6 Å². The second kappa shape index (κ2) is 5.27. The largest absolute Gasteiger partial charge is 0.376 e. The van der Waals surface area contributed by atoms with Crippen molar-refractivity contribution < 1.29 is 4.74 Å². The van der Waals surface area contributed by atoms with Crippen molar-refractivity contribution in [3.63, 3.8) is 0 Å². The number of hydrogen-bond acceptors (Lipinski definition) is 5. The summed E-state index contributed by atoms with van der Waals surface area (Å²) in [5, 5.41) is 1.97. The summed E-state index contributed by atoms with van der Waals surface area (Å²) in [7, 11) is 0. The molecule has 0 bridgehead atoms. The van der Waals surface area contributed by atoms with Crippen molar-refractivity contribution in [1.82, 2.24) is 14.3 Å². The molecule has 2 aromatic heterocycles. The molecule has 1 fully saturated rings. The van der Waals surface area contributed by atoms with E-state index >= 15 is 0 Å². The van der Waals surface area contributed by atoms with E-state index in [0.717, 1.165) is 29.5 Å². The molecule has 6 heteroatoms. The maximum Gasteiger partial charge on any atom is 0.259 e. The molecule has 1 aliphatic rings. The van der Waals surface area contributed by atoms with Gasteiger partial charge in [0, 0.05) is 36.3 Å². The van der Waals surface area contributed by atoms with Crippen LogP contribution in [0.25, 0.3) is 4.96 Å². The van der Waals surface area contributed by atoms with Gasteiger partial charge in [0.25, 0.3) is 5.56 Å². The summed E-state index contributed by atoms with van der Waals surface area (Å²) in [4.78, 5) is 19.9.